The molecular weight excluding hydrogens is 379 g/mol. The molecule has 112 valence electrons. The Morgan fingerprint density at radius 1 is 1.05 bits per heavy atom. The number of hydrogen-bond acceptors (Lipinski definition) is 3. The average molecular weight is 398 g/mol. The molecule has 2 aromatic carbocycles. The summed E-state index contributed by atoms with van der Waals surface area (Å²) in [5, 5.41) is 0. The fourth-order valence-corrected chi connectivity index (χ4v) is 2.26. The first-order valence-corrected chi connectivity index (χ1v) is 7.96. The van der Waals surface area contributed by atoms with E-state index in [4.69, 9.17) is 14.2 Å². The van der Waals surface area contributed by atoms with Gasteiger partial charge in [-0.25, -0.2) is 0 Å². The lowest BCUT2D eigenvalue weighted by molar-refractivity contribution is -0.0909. The van der Waals surface area contributed by atoms with Crippen molar-refractivity contribution in [3.63, 3.8) is 0 Å². The van der Waals surface area contributed by atoms with Gasteiger partial charge in [0.2, 0.25) is 0 Å². The molecule has 0 aromatic heterocycles. The third kappa shape index (κ3) is 4.89. The second kappa shape index (κ2) is 8.24. The first-order chi connectivity index (χ1) is 10.2. The molecule has 0 bridgehead atoms. The Balaban J connectivity index is 1.94. The Bertz CT molecular complexity index is 554. The maximum absolute atomic E-state index is 5.85. The highest BCUT2D eigenvalue weighted by atomic mass is 127. The fraction of sp³-hybridized carbons (Fsp3) is 0.294. The number of methoxy groups -OCH3 is 1. The maximum Gasteiger partial charge on any atom is 0.199 e. The first kappa shape index (κ1) is 16.1. The maximum atomic E-state index is 5.85. The quantitative estimate of drug-likeness (QED) is 0.503. The van der Waals surface area contributed by atoms with E-state index in [9.17, 15) is 0 Å². The van der Waals surface area contributed by atoms with Crippen molar-refractivity contribution in [1.82, 2.24) is 0 Å². The molecule has 0 spiro atoms. The third-order valence-electron chi connectivity index (χ3n) is 3.03. The van der Waals surface area contributed by atoms with Crippen LogP contribution in [0, 0.1) is 3.57 Å². The first-order valence-electron chi connectivity index (χ1n) is 6.88. The van der Waals surface area contributed by atoms with Crippen LogP contribution in [-0.4, -0.2) is 13.4 Å². The second-order valence-electron chi connectivity index (χ2n) is 4.53. The molecule has 0 saturated carbocycles. The van der Waals surface area contributed by atoms with E-state index < -0.39 is 0 Å². The molecule has 21 heavy (non-hydrogen) atoms. The van der Waals surface area contributed by atoms with Crippen LogP contribution in [0.3, 0.4) is 0 Å². The van der Waals surface area contributed by atoms with Crippen LogP contribution >= 0.6 is 22.6 Å². The summed E-state index contributed by atoms with van der Waals surface area (Å²) >= 11 is 2.27. The Labute approximate surface area is 139 Å². The lowest BCUT2D eigenvalue weighted by atomic mass is 10.2. The van der Waals surface area contributed by atoms with E-state index >= 15 is 0 Å². The minimum atomic E-state index is -0.269. The van der Waals surface area contributed by atoms with Crippen molar-refractivity contribution in [2.75, 3.05) is 7.11 Å². The van der Waals surface area contributed by atoms with Crippen molar-refractivity contribution in [2.24, 2.45) is 0 Å². The van der Waals surface area contributed by atoms with Crippen LogP contribution in [0.15, 0.2) is 48.5 Å². The molecule has 0 N–H and O–H groups in total. The smallest absolute Gasteiger partial charge is 0.199 e. The van der Waals surface area contributed by atoms with Crippen molar-refractivity contribution in [2.45, 2.75) is 26.2 Å². The van der Waals surface area contributed by atoms with Crippen molar-refractivity contribution in [3.8, 4) is 11.5 Å². The van der Waals surface area contributed by atoms with Gasteiger partial charge in [-0.3, -0.25) is 0 Å². The summed E-state index contributed by atoms with van der Waals surface area (Å²) in [7, 11) is 1.66. The minimum Gasteiger partial charge on any atom is -0.496 e. The fourth-order valence-electron chi connectivity index (χ4n) is 1.91. The Hall–Kier alpha value is -1.27. The highest BCUT2D eigenvalue weighted by molar-refractivity contribution is 14.1. The summed E-state index contributed by atoms with van der Waals surface area (Å²) in [6.45, 7) is 2.51. The van der Waals surface area contributed by atoms with Gasteiger partial charge in [0.1, 0.15) is 11.5 Å². The van der Waals surface area contributed by atoms with Crippen LogP contribution in [0.5, 0.6) is 11.5 Å². The van der Waals surface area contributed by atoms with Gasteiger partial charge < -0.3 is 14.2 Å². The van der Waals surface area contributed by atoms with Gasteiger partial charge in [0.05, 0.1) is 13.7 Å². The van der Waals surface area contributed by atoms with Crippen molar-refractivity contribution in [1.29, 1.82) is 0 Å². The number of hydrogen-bond donors (Lipinski definition) is 0. The molecule has 3 nitrogen and oxygen atoms in total. The van der Waals surface area contributed by atoms with Crippen LogP contribution in [0.4, 0.5) is 0 Å². The number of rotatable bonds is 7. The predicted molar refractivity (Wildman–Crippen MR) is 91.6 cm³/mol. The third-order valence-corrected chi connectivity index (χ3v) is 3.75. The van der Waals surface area contributed by atoms with E-state index in [0.717, 1.165) is 23.5 Å². The highest BCUT2D eigenvalue weighted by Crippen LogP contribution is 2.21. The van der Waals surface area contributed by atoms with Crippen LogP contribution in [0.2, 0.25) is 0 Å². The number of ether oxygens (including phenoxy) is 3. The lowest BCUT2D eigenvalue weighted by Crippen LogP contribution is -2.19. The van der Waals surface area contributed by atoms with Gasteiger partial charge in [-0.2, -0.15) is 0 Å². The van der Waals surface area contributed by atoms with Crippen molar-refractivity contribution >= 4 is 22.6 Å². The summed E-state index contributed by atoms with van der Waals surface area (Å²) in [4.78, 5) is 0. The molecule has 0 radical (unpaired) electrons. The van der Waals surface area contributed by atoms with Crippen molar-refractivity contribution in [3.05, 3.63) is 57.7 Å². The van der Waals surface area contributed by atoms with Crippen LogP contribution in [0.25, 0.3) is 0 Å². The van der Waals surface area contributed by atoms with Gasteiger partial charge >= 0.3 is 0 Å². The monoisotopic (exact) mass is 398 g/mol. The molecule has 1 unspecified atom stereocenters. The highest BCUT2D eigenvalue weighted by Gasteiger charge is 2.10. The van der Waals surface area contributed by atoms with E-state index in [1.54, 1.807) is 7.11 Å². The molecule has 0 aliphatic carbocycles. The van der Waals surface area contributed by atoms with Crippen LogP contribution in [-0.2, 0) is 11.3 Å². The van der Waals surface area contributed by atoms with E-state index in [-0.39, 0.29) is 6.29 Å². The number of para-hydroxylation sites is 1. The zero-order valence-electron chi connectivity index (χ0n) is 12.2. The normalized spacial score (nSPS) is 12.0. The Morgan fingerprint density at radius 3 is 2.43 bits per heavy atom. The van der Waals surface area contributed by atoms with E-state index in [1.165, 1.54) is 3.57 Å². The summed E-state index contributed by atoms with van der Waals surface area (Å²) in [5.41, 5.74) is 1.02. The van der Waals surface area contributed by atoms with Gasteiger partial charge in [0.15, 0.2) is 6.29 Å². The SMILES string of the molecule is CCC(OCc1ccccc1OC)Oc1ccc(I)cc1. The molecule has 0 aliphatic heterocycles. The zero-order valence-corrected chi connectivity index (χ0v) is 14.4. The molecule has 2 rings (SSSR count). The predicted octanol–water partition coefficient (Wildman–Crippen LogP) is 4.63. The Morgan fingerprint density at radius 2 is 1.76 bits per heavy atom. The Kier molecular flexibility index (Phi) is 6.32. The van der Waals surface area contributed by atoms with Crippen LogP contribution < -0.4 is 9.47 Å². The number of halogens is 1. The van der Waals surface area contributed by atoms with Gasteiger partial charge in [-0.15, -0.1) is 0 Å². The van der Waals surface area contributed by atoms with E-state index in [1.807, 2.05) is 55.5 Å². The summed E-state index contributed by atoms with van der Waals surface area (Å²) in [6, 6.07) is 15.8. The van der Waals surface area contributed by atoms with Crippen molar-refractivity contribution < 1.29 is 14.2 Å². The summed E-state index contributed by atoms with van der Waals surface area (Å²) in [5.74, 6) is 1.66. The lowest BCUT2D eigenvalue weighted by Gasteiger charge is -2.19. The molecule has 0 fully saturated rings. The minimum absolute atomic E-state index is 0.269. The molecule has 0 saturated heterocycles. The van der Waals surface area contributed by atoms with Crippen LogP contribution in [0.1, 0.15) is 18.9 Å². The summed E-state index contributed by atoms with van der Waals surface area (Å²) < 4.78 is 18.2. The molecule has 0 heterocycles. The molecule has 4 heteroatoms. The van der Waals surface area contributed by atoms with E-state index in [2.05, 4.69) is 22.6 Å². The summed E-state index contributed by atoms with van der Waals surface area (Å²) in [6.07, 6.45) is 0.510. The number of benzene rings is 2. The van der Waals surface area contributed by atoms with Gasteiger partial charge in [-0.1, -0.05) is 25.1 Å². The average Bonchev–Trinajstić information content (AvgIpc) is 2.53. The van der Waals surface area contributed by atoms with Gasteiger partial charge in [0, 0.05) is 15.6 Å². The van der Waals surface area contributed by atoms with Gasteiger partial charge in [-0.05, 0) is 52.9 Å². The zero-order chi connectivity index (χ0) is 15.1. The molecular formula is C17H19IO3. The molecule has 0 aliphatic rings. The molecule has 2 aromatic rings. The van der Waals surface area contributed by atoms with E-state index in [0.29, 0.717) is 6.61 Å². The standard InChI is InChI=1S/C17H19IO3/c1-3-17(21-15-10-8-14(18)9-11-15)20-12-13-6-4-5-7-16(13)19-2/h4-11,17H,3,12H2,1-2H3. The molecule has 1 atom stereocenters. The second-order valence-corrected chi connectivity index (χ2v) is 5.78. The van der Waals surface area contributed by atoms with Gasteiger partial charge in [0.25, 0.3) is 0 Å². The topological polar surface area (TPSA) is 27.7 Å². The largest absolute Gasteiger partial charge is 0.496 e. The molecule has 0 amide bonds.